The lowest BCUT2D eigenvalue weighted by Gasteiger charge is -2.07. The van der Waals surface area contributed by atoms with E-state index in [2.05, 4.69) is 15.0 Å². The van der Waals surface area contributed by atoms with Gasteiger partial charge in [0, 0.05) is 13.2 Å². The van der Waals surface area contributed by atoms with E-state index >= 15 is 0 Å². The lowest BCUT2D eigenvalue weighted by Crippen LogP contribution is -2.39. The van der Waals surface area contributed by atoms with Gasteiger partial charge < -0.3 is 10.1 Å². The largest absolute Gasteiger partial charge is 0.388 e. The Kier molecular flexibility index (Phi) is 5.07. The molecule has 0 saturated carbocycles. The van der Waals surface area contributed by atoms with Crippen molar-refractivity contribution in [3.8, 4) is 0 Å². The molecule has 0 aromatic carbocycles. The van der Waals surface area contributed by atoms with Crippen molar-refractivity contribution in [2.75, 3.05) is 0 Å². The number of aromatic nitrogens is 5. The number of fused-ring (bicyclic) bond motifs is 1. The second-order valence-electron chi connectivity index (χ2n) is 4.59. The van der Waals surface area contributed by atoms with E-state index in [0.717, 1.165) is 4.57 Å². The molecule has 0 aliphatic heterocycles. The summed E-state index contributed by atoms with van der Waals surface area (Å²) in [6, 6.07) is 5.29. The molecule has 8 heteroatoms. The van der Waals surface area contributed by atoms with E-state index in [1.165, 1.54) is 11.6 Å². The molecule has 0 saturated heterocycles. The smallest absolute Gasteiger partial charge is 0.332 e. The van der Waals surface area contributed by atoms with Crippen LogP contribution in [0.15, 0.2) is 34.0 Å². The number of aliphatic hydroxyl groups is 1. The second kappa shape index (κ2) is 7.01. The summed E-state index contributed by atoms with van der Waals surface area (Å²) in [5, 5.41) is 9.09. The molecule has 0 amide bonds. The van der Waals surface area contributed by atoms with E-state index in [1.54, 1.807) is 24.4 Å². The number of rotatable bonds is 3. The molecule has 3 rings (SSSR count). The van der Waals surface area contributed by atoms with Crippen molar-refractivity contribution < 1.29 is 5.11 Å². The Morgan fingerprint density at radius 2 is 2.00 bits per heavy atom. The van der Waals surface area contributed by atoms with Gasteiger partial charge in [-0.15, -0.1) is 0 Å². The fourth-order valence-corrected chi connectivity index (χ4v) is 2.17. The predicted octanol–water partition coefficient (Wildman–Crippen LogP) is 0.385. The quantitative estimate of drug-likeness (QED) is 0.726. The summed E-state index contributed by atoms with van der Waals surface area (Å²) in [6.45, 7) is 3.75. The highest BCUT2D eigenvalue weighted by molar-refractivity contribution is 5.69. The van der Waals surface area contributed by atoms with E-state index in [1.807, 2.05) is 13.8 Å². The first kappa shape index (κ1) is 16.6. The van der Waals surface area contributed by atoms with Crippen molar-refractivity contribution in [1.82, 2.24) is 24.1 Å². The minimum Gasteiger partial charge on any atom is -0.388 e. The summed E-state index contributed by atoms with van der Waals surface area (Å²) in [5.41, 5.74) is 0.0708. The number of pyridine rings is 1. The molecule has 3 aromatic rings. The van der Waals surface area contributed by atoms with Gasteiger partial charge in [0.25, 0.3) is 5.56 Å². The number of H-pyrrole nitrogens is 1. The maximum absolute atomic E-state index is 12.4. The summed E-state index contributed by atoms with van der Waals surface area (Å²) < 4.78 is 2.36. The number of imidazole rings is 1. The monoisotopic (exact) mass is 317 g/mol. The van der Waals surface area contributed by atoms with Gasteiger partial charge in [0.15, 0.2) is 5.65 Å². The molecule has 23 heavy (non-hydrogen) atoms. The number of nitrogens with zero attached hydrogens (tertiary/aromatic N) is 4. The molecule has 0 fully saturated rings. The highest BCUT2D eigenvalue weighted by Gasteiger charge is 2.15. The van der Waals surface area contributed by atoms with E-state index in [9.17, 15) is 9.59 Å². The molecule has 0 atom stereocenters. The van der Waals surface area contributed by atoms with Gasteiger partial charge in [0.1, 0.15) is 17.9 Å². The molecule has 0 bridgehead atoms. The van der Waals surface area contributed by atoms with Crippen molar-refractivity contribution in [1.29, 1.82) is 0 Å². The number of nitrogens with one attached hydrogen (secondary N) is 1. The van der Waals surface area contributed by atoms with E-state index in [0.29, 0.717) is 5.69 Å². The average Bonchev–Trinajstić information content (AvgIpc) is 3.04. The number of aromatic amines is 1. The minimum absolute atomic E-state index is 0.0791. The van der Waals surface area contributed by atoms with E-state index < -0.39 is 11.2 Å². The van der Waals surface area contributed by atoms with Gasteiger partial charge in [0.2, 0.25) is 0 Å². The van der Waals surface area contributed by atoms with Gasteiger partial charge in [-0.25, -0.2) is 9.78 Å². The van der Waals surface area contributed by atoms with Crippen LogP contribution in [0.1, 0.15) is 25.4 Å². The molecule has 0 unspecified atom stereocenters. The van der Waals surface area contributed by atoms with E-state index in [-0.39, 0.29) is 30.1 Å². The van der Waals surface area contributed by atoms with Crippen molar-refractivity contribution in [3.63, 3.8) is 0 Å². The number of aryl methyl sites for hydroxylation is 1. The zero-order valence-corrected chi connectivity index (χ0v) is 13.3. The standard InChI is InChI=1S/C13H13N5O3.C2H6/c1-17-11-10(15-9(7-19)16-11)12(20)18(13(17)21)6-8-4-2-3-5-14-8;1-2/h2-5,19H,6-7H2,1H3,(H,15,16);1-2H3. The number of aliphatic hydroxyl groups excluding tert-OH is 1. The third-order valence-electron chi connectivity index (χ3n) is 3.22. The van der Waals surface area contributed by atoms with Crippen LogP contribution in [0, 0.1) is 0 Å². The maximum atomic E-state index is 12.4. The summed E-state index contributed by atoms with van der Waals surface area (Å²) in [7, 11) is 1.53. The van der Waals surface area contributed by atoms with Crippen LogP contribution in [0.5, 0.6) is 0 Å². The molecule has 122 valence electrons. The summed E-state index contributed by atoms with van der Waals surface area (Å²) in [4.78, 5) is 35.6. The molecule has 0 radical (unpaired) electrons. The topological polar surface area (TPSA) is 106 Å². The van der Waals surface area contributed by atoms with Crippen LogP contribution in [0.4, 0.5) is 0 Å². The Labute approximate surface area is 132 Å². The molecule has 3 aromatic heterocycles. The zero-order valence-electron chi connectivity index (χ0n) is 13.3. The zero-order chi connectivity index (χ0) is 17.0. The highest BCUT2D eigenvalue weighted by atomic mass is 16.3. The Morgan fingerprint density at radius 3 is 2.61 bits per heavy atom. The van der Waals surface area contributed by atoms with Crippen molar-refractivity contribution >= 4 is 11.2 Å². The van der Waals surface area contributed by atoms with Crippen LogP contribution in [0.3, 0.4) is 0 Å². The number of hydrogen-bond donors (Lipinski definition) is 2. The lowest BCUT2D eigenvalue weighted by molar-refractivity contribution is 0.273. The van der Waals surface area contributed by atoms with Crippen LogP contribution in [-0.2, 0) is 20.2 Å². The van der Waals surface area contributed by atoms with Crippen LogP contribution >= 0.6 is 0 Å². The third kappa shape index (κ3) is 3.07. The SMILES string of the molecule is CC.Cn1c(=O)n(Cc2ccccn2)c(=O)c2[nH]c(CO)nc21. The first-order chi connectivity index (χ1) is 11.1. The van der Waals surface area contributed by atoms with Crippen LogP contribution in [0.2, 0.25) is 0 Å². The third-order valence-corrected chi connectivity index (χ3v) is 3.22. The Bertz CT molecular complexity index is 908. The highest BCUT2D eigenvalue weighted by Crippen LogP contribution is 2.04. The van der Waals surface area contributed by atoms with Gasteiger partial charge in [-0.3, -0.25) is 18.9 Å². The predicted molar refractivity (Wildman–Crippen MR) is 86.2 cm³/mol. The molecule has 8 nitrogen and oxygen atoms in total. The minimum atomic E-state index is -0.481. The average molecular weight is 317 g/mol. The summed E-state index contributed by atoms with van der Waals surface area (Å²) in [5.74, 6) is 0.243. The van der Waals surface area contributed by atoms with Gasteiger partial charge in [0.05, 0.1) is 12.2 Å². The molecule has 3 heterocycles. The van der Waals surface area contributed by atoms with Gasteiger partial charge >= 0.3 is 5.69 Å². The lowest BCUT2D eigenvalue weighted by atomic mass is 10.3. The van der Waals surface area contributed by atoms with Crippen molar-refractivity contribution in [2.45, 2.75) is 27.0 Å². The van der Waals surface area contributed by atoms with Crippen LogP contribution in [0.25, 0.3) is 11.2 Å². The Hall–Kier alpha value is -2.74. The second-order valence-corrected chi connectivity index (χ2v) is 4.59. The Balaban J connectivity index is 0.000000924. The van der Waals surface area contributed by atoms with Crippen LogP contribution in [-0.4, -0.2) is 29.2 Å². The molecule has 2 N–H and O–H groups in total. The molecule has 0 aliphatic rings. The first-order valence-corrected chi connectivity index (χ1v) is 7.31. The fraction of sp³-hybridized carbons (Fsp3) is 0.333. The van der Waals surface area contributed by atoms with E-state index in [4.69, 9.17) is 5.11 Å². The Morgan fingerprint density at radius 1 is 1.26 bits per heavy atom. The molecular weight excluding hydrogens is 298 g/mol. The van der Waals surface area contributed by atoms with Gasteiger partial charge in [-0.05, 0) is 12.1 Å². The number of hydrogen-bond acceptors (Lipinski definition) is 5. The van der Waals surface area contributed by atoms with Crippen molar-refractivity contribution in [3.05, 3.63) is 56.8 Å². The normalized spacial score (nSPS) is 10.4. The summed E-state index contributed by atoms with van der Waals surface area (Å²) >= 11 is 0. The van der Waals surface area contributed by atoms with Crippen LogP contribution < -0.4 is 11.2 Å². The molecular formula is C15H19N5O3. The van der Waals surface area contributed by atoms with Gasteiger partial charge in [-0.1, -0.05) is 19.9 Å². The first-order valence-electron chi connectivity index (χ1n) is 7.31. The maximum Gasteiger partial charge on any atom is 0.332 e. The van der Waals surface area contributed by atoms with Gasteiger partial charge in [-0.2, -0.15) is 0 Å². The summed E-state index contributed by atoms with van der Waals surface area (Å²) in [6.07, 6.45) is 1.60. The van der Waals surface area contributed by atoms with Crippen molar-refractivity contribution in [2.24, 2.45) is 7.05 Å². The molecule has 0 aliphatic carbocycles. The fourth-order valence-electron chi connectivity index (χ4n) is 2.17. The molecule has 0 spiro atoms.